The molecule has 0 aliphatic carbocycles. The van der Waals surface area contributed by atoms with Crippen molar-refractivity contribution in [1.29, 1.82) is 0 Å². The number of hydrogen-bond donors (Lipinski definition) is 1. The van der Waals surface area contributed by atoms with E-state index in [1.165, 1.54) is 0 Å². The van der Waals surface area contributed by atoms with Gasteiger partial charge in [-0.25, -0.2) is 15.0 Å². The second-order valence-corrected chi connectivity index (χ2v) is 4.28. The molecule has 0 saturated heterocycles. The first kappa shape index (κ1) is 10.4. The van der Waals surface area contributed by atoms with E-state index in [1.807, 2.05) is 6.92 Å². The molecule has 0 spiro atoms. The van der Waals surface area contributed by atoms with E-state index in [0.717, 1.165) is 16.7 Å². The fourth-order valence-electron chi connectivity index (χ4n) is 1.12. The van der Waals surface area contributed by atoms with Crippen molar-refractivity contribution in [3.63, 3.8) is 0 Å². The van der Waals surface area contributed by atoms with E-state index in [0.29, 0.717) is 10.9 Å². The molecule has 0 saturated carbocycles. The van der Waals surface area contributed by atoms with Gasteiger partial charge in [-0.2, -0.15) is 0 Å². The molecular weight excluding hydrogens is 232 g/mol. The van der Waals surface area contributed by atoms with Crippen LogP contribution in [0.3, 0.4) is 0 Å². The van der Waals surface area contributed by atoms with E-state index >= 15 is 0 Å². The van der Waals surface area contributed by atoms with Crippen molar-refractivity contribution < 1.29 is 0 Å². The minimum atomic E-state index is 0.484. The summed E-state index contributed by atoms with van der Waals surface area (Å²) in [5, 5.41) is 1.34. The predicted molar refractivity (Wildman–Crippen MR) is 59.9 cm³/mol. The molecule has 0 bridgehead atoms. The summed E-state index contributed by atoms with van der Waals surface area (Å²) < 4.78 is 0. The van der Waals surface area contributed by atoms with Crippen LogP contribution in [0.4, 0.5) is 0 Å². The summed E-state index contributed by atoms with van der Waals surface area (Å²) in [7, 11) is 0. The molecule has 0 aromatic carbocycles. The minimum absolute atomic E-state index is 0.484. The van der Waals surface area contributed by atoms with Gasteiger partial charge in [0.05, 0.1) is 5.75 Å². The predicted octanol–water partition coefficient (Wildman–Crippen LogP) is 2.45. The Morgan fingerprint density at radius 1 is 1.47 bits per heavy atom. The van der Waals surface area contributed by atoms with Crippen molar-refractivity contribution in [1.82, 2.24) is 19.9 Å². The average molecular weight is 241 g/mol. The van der Waals surface area contributed by atoms with Gasteiger partial charge in [0.25, 0.3) is 0 Å². The molecule has 2 heterocycles. The molecule has 4 nitrogen and oxygen atoms in total. The minimum Gasteiger partial charge on any atom is -0.340 e. The van der Waals surface area contributed by atoms with E-state index < -0.39 is 0 Å². The van der Waals surface area contributed by atoms with Crippen molar-refractivity contribution in [2.75, 3.05) is 0 Å². The summed E-state index contributed by atoms with van der Waals surface area (Å²) in [6.07, 6.45) is 3.50. The third kappa shape index (κ3) is 2.94. The smallest absolute Gasteiger partial charge is 0.165 e. The molecular formula is C9H9ClN4S. The third-order valence-corrected chi connectivity index (χ3v) is 2.77. The number of H-pyrrole nitrogens is 1. The van der Waals surface area contributed by atoms with Crippen molar-refractivity contribution >= 4 is 23.4 Å². The molecule has 0 fully saturated rings. The van der Waals surface area contributed by atoms with Gasteiger partial charge < -0.3 is 4.98 Å². The normalized spacial score (nSPS) is 10.5. The van der Waals surface area contributed by atoms with E-state index in [9.17, 15) is 0 Å². The first-order chi connectivity index (χ1) is 7.24. The Balaban J connectivity index is 2.05. The summed E-state index contributed by atoms with van der Waals surface area (Å²) in [6, 6.07) is 1.74. The fraction of sp³-hybridized carbons (Fsp3) is 0.222. The maximum absolute atomic E-state index is 5.83. The summed E-state index contributed by atoms with van der Waals surface area (Å²) in [4.78, 5) is 15.5. The molecule has 2 aromatic rings. The molecule has 0 atom stereocenters. The van der Waals surface area contributed by atoms with Crippen molar-refractivity contribution in [2.24, 2.45) is 0 Å². The van der Waals surface area contributed by atoms with Crippen LogP contribution in [0.5, 0.6) is 0 Å². The van der Waals surface area contributed by atoms with E-state index in [1.54, 1.807) is 30.2 Å². The number of imidazole rings is 1. The zero-order chi connectivity index (χ0) is 10.7. The second kappa shape index (κ2) is 4.63. The maximum atomic E-state index is 5.83. The van der Waals surface area contributed by atoms with Crippen LogP contribution in [-0.4, -0.2) is 19.9 Å². The molecule has 0 amide bonds. The third-order valence-electron chi connectivity index (χ3n) is 1.68. The molecule has 0 unspecified atom stereocenters. The Hall–Kier alpha value is -1.07. The fourth-order valence-corrected chi connectivity index (χ4v) is 2.05. The molecule has 78 valence electrons. The zero-order valence-corrected chi connectivity index (χ0v) is 9.64. The Bertz CT molecular complexity index is 423. The molecule has 6 heteroatoms. The molecule has 1 N–H and O–H groups in total. The number of aromatic amines is 1. The number of aromatic nitrogens is 4. The largest absolute Gasteiger partial charge is 0.340 e. The number of nitrogens with one attached hydrogen (secondary N) is 1. The van der Waals surface area contributed by atoms with Crippen LogP contribution in [0.25, 0.3) is 0 Å². The van der Waals surface area contributed by atoms with Crippen molar-refractivity contribution in [2.45, 2.75) is 17.8 Å². The van der Waals surface area contributed by atoms with Crippen LogP contribution in [0.1, 0.15) is 11.5 Å². The highest BCUT2D eigenvalue weighted by Crippen LogP contribution is 2.17. The van der Waals surface area contributed by atoms with Gasteiger partial charge in [-0.05, 0) is 13.0 Å². The lowest BCUT2D eigenvalue weighted by Crippen LogP contribution is -1.95. The van der Waals surface area contributed by atoms with Gasteiger partial charge in [0.15, 0.2) is 5.16 Å². The monoisotopic (exact) mass is 240 g/mol. The van der Waals surface area contributed by atoms with E-state index in [-0.39, 0.29) is 0 Å². The number of thioether (sulfide) groups is 1. The maximum Gasteiger partial charge on any atom is 0.165 e. The van der Waals surface area contributed by atoms with Gasteiger partial charge in [-0.3, -0.25) is 0 Å². The highest BCUT2D eigenvalue weighted by atomic mass is 35.5. The number of nitrogens with zero attached hydrogens (tertiary/aromatic N) is 3. The van der Waals surface area contributed by atoms with Gasteiger partial charge in [-0.1, -0.05) is 23.4 Å². The van der Waals surface area contributed by atoms with Crippen LogP contribution >= 0.6 is 23.4 Å². The summed E-state index contributed by atoms with van der Waals surface area (Å²) >= 11 is 7.37. The van der Waals surface area contributed by atoms with E-state index in [2.05, 4.69) is 19.9 Å². The Kier molecular flexibility index (Phi) is 3.23. The molecule has 0 aliphatic rings. The lowest BCUT2D eigenvalue weighted by molar-refractivity contribution is 0.986. The Morgan fingerprint density at radius 2 is 2.33 bits per heavy atom. The molecule has 2 rings (SSSR count). The topological polar surface area (TPSA) is 54.5 Å². The highest BCUT2D eigenvalue weighted by molar-refractivity contribution is 7.98. The first-order valence-corrected chi connectivity index (χ1v) is 5.72. The second-order valence-electron chi connectivity index (χ2n) is 2.93. The van der Waals surface area contributed by atoms with Crippen molar-refractivity contribution in [3.05, 3.63) is 35.1 Å². The van der Waals surface area contributed by atoms with Gasteiger partial charge >= 0.3 is 0 Å². The molecule has 2 aromatic heterocycles. The van der Waals surface area contributed by atoms with Gasteiger partial charge in [0.1, 0.15) is 11.0 Å². The first-order valence-electron chi connectivity index (χ1n) is 4.36. The summed E-state index contributed by atoms with van der Waals surface area (Å²) in [6.45, 7) is 1.90. The number of halogens is 1. The molecule has 0 aliphatic heterocycles. The van der Waals surface area contributed by atoms with E-state index in [4.69, 9.17) is 11.6 Å². The Labute approximate surface area is 96.5 Å². The van der Waals surface area contributed by atoms with Crippen LogP contribution in [-0.2, 0) is 5.75 Å². The highest BCUT2D eigenvalue weighted by Gasteiger charge is 2.02. The van der Waals surface area contributed by atoms with Crippen LogP contribution in [0.2, 0.25) is 5.15 Å². The summed E-state index contributed by atoms with van der Waals surface area (Å²) in [5.74, 6) is 1.39. The van der Waals surface area contributed by atoms with Gasteiger partial charge in [0, 0.05) is 18.1 Å². The number of hydrogen-bond acceptors (Lipinski definition) is 4. The molecule has 15 heavy (non-hydrogen) atoms. The number of aryl methyl sites for hydroxylation is 1. The lowest BCUT2D eigenvalue weighted by Gasteiger charge is -2.00. The Morgan fingerprint density at radius 3 is 3.00 bits per heavy atom. The van der Waals surface area contributed by atoms with Gasteiger partial charge in [-0.15, -0.1) is 0 Å². The van der Waals surface area contributed by atoms with Crippen molar-refractivity contribution in [3.8, 4) is 0 Å². The zero-order valence-electron chi connectivity index (χ0n) is 8.07. The van der Waals surface area contributed by atoms with Gasteiger partial charge in [0.2, 0.25) is 0 Å². The van der Waals surface area contributed by atoms with Crippen LogP contribution in [0, 0.1) is 6.92 Å². The standard InChI is InChI=1S/C9H9ClN4S/c1-6-4-7(10)14-8(13-6)5-15-9-11-2-3-12-9/h2-4H,5H2,1H3,(H,11,12). The molecule has 0 radical (unpaired) electrons. The SMILES string of the molecule is Cc1cc(Cl)nc(CSc2ncc[nH]2)n1. The van der Waals surface area contributed by atoms with Crippen LogP contribution < -0.4 is 0 Å². The lowest BCUT2D eigenvalue weighted by atomic mass is 10.4. The average Bonchev–Trinajstić information content (AvgIpc) is 2.65. The summed E-state index contributed by atoms with van der Waals surface area (Å²) in [5.41, 5.74) is 0.880. The quantitative estimate of drug-likeness (QED) is 0.662. The van der Waals surface area contributed by atoms with Crippen LogP contribution in [0.15, 0.2) is 23.6 Å². The number of rotatable bonds is 3.